The van der Waals surface area contributed by atoms with Crippen molar-refractivity contribution in [1.82, 2.24) is 0 Å². The summed E-state index contributed by atoms with van der Waals surface area (Å²) in [5, 5.41) is 19.2. The van der Waals surface area contributed by atoms with Crippen molar-refractivity contribution >= 4 is 5.97 Å². The Balaban J connectivity index is 1.86. The van der Waals surface area contributed by atoms with Gasteiger partial charge in [0.15, 0.2) is 5.41 Å². The largest absolute Gasteiger partial charge is 0.425 e. The van der Waals surface area contributed by atoms with Gasteiger partial charge in [-0.15, -0.1) is 0 Å². The molecule has 0 aliphatic heterocycles. The fourth-order valence-electron chi connectivity index (χ4n) is 4.90. The van der Waals surface area contributed by atoms with Crippen molar-refractivity contribution in [2.45, 2.75) is 110 Å². The molecule has 0 amide bonds. The first-order valence-corrected chi connectivity index (χ1v) is 12.6. The van der Waals surface area contributed by atoms with Crippen LogP contribution in [-0.2, 0) is 4.79 Å². The Morgan fingerprint density at radius 3 is 2.22 bits per heavy atom. The van der Waals surface area contributed by atoms with Gasteiger partial charge in [0, 0.05) is 0 Å². The number of carbonyl (C=O) groups excluding carboxylic acids is 1. The number of carbonyl (C=O) groups is 1. The maximum atomic E-state index is 12.4. The predicted octanol–water partition coefficient (Wildman–Crippen LogP) is 7.84. The van der Waals surface area contributed by atoms with E-state index in [-0.39, 0.29) is 5.41 Å². The summed E-state index contributed by atoms with van der Waals surface area (Å²) in [6, 6.07) is 12.5. The Morgan fingerprint density at radius 2 is 1.66 bits per heavy atom. The number of unbranched alkanes of at least 4 members (excludes halogenated alkanes) is 5. The van der Waals surface area contributed by atoms with Gasteiger partial charge in [-0.1, -0.05) is 70.9 Å². The highest BCUT2D eigenvalue weighted by Crippen LogP contribution is 2.46. The van der Waals surface area contributed by atoms with Gasteiger partial charge in [-0.25, -0.2) is 4.79 Å². The third kappa shape index (κ3) is 7.09. The van der Waals surface area contributed by atoms with E-state index in [0.717, 1.165) is 38.5 Å². The molecule has 0 bridgehead atoms. The first-order valence-electron chi connectivity index (χ1n) is 12.6. The minimum Gasteiger partial charge on any atom is -0.425 e. The number of esters is 1. The maximum absolute atomic E-state index is 12.4. The number of rotatable bonds is 12. The molecule has 1 fully saturated rings. The van der Waals surface area contributed by atoms with E-state index in [4.69, 9.17) is 4.74 Å². The van der Waals surface area contributed by atoms with E-state index in [0.29, 0.717) is 18.1 Å². The third-order valence-electron chi connectivity index (χ3n) is 7.20. The number of hydrogen-bond donors (Lipinski definition) is 0. The summed E-state index contributed by atoms with van der Waals surface area (Å²) in [7, 11) is 0. The van der Waals surface area contributed by atoms with Crippen LogP contribution in [0, 0.1) is 33.5 Å². The molecule has 0 N–H and O–H groups in total. The molecule has 1 unspecified atom stereocenters. The Hall–Kier alpha value is -2.33. The van der Waals surface area contributed by atoms with Crippen LogP contribution in [-0.4, -0.2) is 5.97 Å². The lowest BCUT2D eigenvalue weighted by atomic mass is 9.67. The predicted molar refractivity (Wildman–Crippen MR) is 128 cm³/mol. The van der Waals surface area contributed by atoms with E-state index in [1.807, 2.05) is 31.2 Å². The minimum atomic E-state index is -1.10. The SMILES string of the molecule is CCCCCCCCC1(C#N)CCC(c2ccc(OC(=O)C(C)(C#N)CCC)cc2)CC1. The van der Waals surface area contributed by atoms with Crippen LogP contribution in [0.2, 0.25) is 0 Å². The highest BCUT2D eigenvalue weighted by atomic mass is 16.5. The molecule has 0 heterocycles. The van der Waals surface area contributed by atoms with Gasteiger partial charge in [-0.05, 0) is 69.1 Å². The molecule has 0 radical (unpaired) electrons. The minimum absolute atomic E-state index is 0.141. The molecule has 0 aromatic heterocycles. The molecule has 4 heteroatoms. The van der Waals surface area contributed by atoms with E-state index < -0.39 is 11.4 Å². The van der Waals surface area contributed by atoms with Crippen LogP contribution in [0.5, 0.6) is 5.75 Å². The Morgan fingerprint density at radius 1 is 1.03 bits per heavy atom. The highest BCUT2D eigenvalue weighted by molar-refractivity contribution is 5.81. The number of benzene rings is 1. The molecule has 1 saturated carbocycles. The van der Waals surface area contributed by atoms with Gasteiger partial charge < -0.3 is 4.74 Å². The van der Waals surface area contributed by atoms with Crippen molar-refractivity contribution in [2.75, 3.05) is 0 Å². The Kier molecular flexibility index (Phi) is 10.2. The van der Waals surface area contributed by atoms with E-state index in [9.17, 15) is 15.3 Å². The van der Waals surface area contributed by atoms with Crippen molar-refractivity contribution < 1.29 is 9.53 Å². The molecule has 1 atom stereocenters. The summed E-state index contributed by atoms with van der Waals surface area (Å²) in [5.74, 6) is 0.456. The number of nitrogens with zero attached hydrogens (tertiary/aromatic N) is 2. The number of hydrogen-bond acceptors (Lipinski definition) is 4. The first kappa shape index (κ1) is 25.9. The second-order valence-corrected chi connectivity index (χ2v) is 9.84. The van der Waals surface area contributed by atoms with Crippen molar-refractivity contribution in [2.24, 2.45) is 10.8 Å². The number of ether oxygens (including phenoxy) is 1. The molecular formula is C28H40N2O2. The maximum Gasteiger partial charge on any atom is 0.331 e. The summed E-state index contributed by atoms with van der Waals surface area (Å²) in [6.07, 6.45) is 13.9. The van der Waals surface area contributed by atoms with E-state index in [1.165, 1.54) is 44.1 Å². The summed E-state index contributed by atoms with van der Waals surface area (Å²) < 4.78 is 5.49. The van der Waals surface area contributed by atoms with Crippen LogP contribution in [0.3, 0.4) is 0 Å². The Labute approximate surface area is 195 Å². The molecule has 2 rings (SSSR count). The van der Waals surface area contributed by atoms with Gasteiger partial charge in [-0.2, -0.15) is 10.5 Å². The van der Waals surface area contributed by atoms with Crippen LogP contribution >= 0.6 is 0 Å². The van der Waals surface area contributed by atoms with E-state index >= 15 is 0 Å². The molecule has 0 spiro atoms. The average molecular weight is 437 g/mol. The van der Waals surface area contributed by atoms with Gasteiger partial charge in [0.25, 0.3) is 0 Å². The van der Waals surface area contributed by atoms with Gasteiger partial charge in [0.2, 0.25) is 0 Å². The van der Waals surface area contributed by atoms with Crippen molar-refractivity contribution in [3.05, 3.63) is 29.8 Å². The van der Waals surface area contributed by atoms with Gasteiger partial charge in [0.05, 0.1) is 17.6 Å². The second kappa shape index (κ2) is 12.6. The first-order chi connectivity index (χ1) is 15.4. The van der Waals surface area contributed by atoms with Crippen molar-refractivity contribution in [1.29, 1.82) is 10.5 Å². The molecule has 1 aromatic carbocycles. The van der Waals surface area contributed by atoms with Crippen LogP contribution in [0.1, 0.15) is 116 Å². The molecule has 1 aliphatic rings. The normalized spacial score (nSPS) is 22.3. The molecule has 1 aliphatic carbocycles. The molecule has 0 saturated heterocycles. The molecule has 4 nitrogen and oxygen atoms in total. The summed E-state index contributed by atoms with van der Waals surface area (Å²) in [5.41, 5.74) is -0.00180. The smallest absolute Gasteiger partial charge is 0.331 e. The zero-order valence-corrected chi connectivity index (χ0v) is 20.3. The van der Waals surface area contributed by atoms with Gasteiger partial charge >= 0.3 is 5.97 Å². The Bertz CT molecular complexity index is 794. The zero-order chi connectivity index (χ0) is 23.5. The topological polar surface area (TPSA) is 73.9 Å². The summed E-state index contributed by atoms with van der Waals surface area (Å²) >= 11 is 0. The second-order valence-electron chi connectivity index (χ2n) is 9.84. The van der Waals surface area contributed by atoms with Crippen molar-refractivity contribution in [3.8, 4) is 17.9 Å². The van der Waals surface area contributed by atoms with E-state index in [2.05, 4.69) is 19.1 Å². The van der Waals surface area contributed by atoms with Crippen LogP contribution < -0.4 is 4.74 Å². The zero-order valence-electron chi connectivity index (χ0n) is 20.3. The lowest BCUT2D eigenvalue weighted by Gasteiger charge is -2.35. The quantitative estimate of drug-likeness (QED) is 0.190. The molecule has 1 aromatic rings. The lowest BCUT2D eigenvalue weighted by Crippen LogP contribution is -2.30. The molecular weight excluding hydrogens is 396 g/mol. The van der Waals surface area contributed by atoms with Crippen LogP contribution in [0.4, 0.5) is 0 Å². The summed E-state index contributed by atoms with van der Waals surface area (Å²) in [6.45, 7) is 5.83. The fraction of sp³-hybridized carbons (Fsp3) is 0.679. The van der Waals surface area contributed by atoms with Crippen LogP contribution in [0.25, 0.3) is 0 Å². The van der Waals surface area contributed by atoms with Crippen molar-refractivity contribution in [3.63, 3.8) is 0 Å². The highest BCUT2D eigenvalue weighted by Gasteiger charge is 2.36. The lowest BCUT2D eigenvalue weighted by molar-refractivity contribution is -0.142. The van der Waals surface area contributed by atoms with Crippen LogP contribution in [0.15, 0.2) is 24.3 Å². The molecule has 32 heavy (non-hydrogen) atoms. The average Bonchev–Trinajstić information content (AvgIpc) is 2.82. The standard InChI is InChI=1S/C28H40N2O2/c1-4-6-7-8-9-10-18-28(22-30)19-15-24(16-20-28)23-11-13-25(14-12-23)32-26(31)27(3,21-29)17-5-2/h11-14,24H,4-10,15-20H2,1-3H3. The number of nitriles is 2. The van der Waals surface area contributed by atoms with Gasteiger partial charge in [0.1, 0.15) is 5.75 Å². The third-order valence-corrected chi connectivity index (χ3v) is 7.20. The van der Waals surface area contributed by atoms with Gasteiger partial charge in [-0.3, -0.25) is 0 Å². The molecule has 174 valence electrons. The monoisotopic (exact) mass is 436 g/mol. The fourth-order valence-corrected chi connectivity index (χ4v) is 4.90. The van der Waals surface area contributed by atoms with E-state index in [1.54, 1.807) is 6.92 Å². The summed E-state index contributed by atoms with van der Waals surface area (Å²) in [4.78, 5) is 12.4.